The third kappa shape index (κ3) is 4.47. The maximum Gasteiger partial charge on any atom is 0.316 e. The Morgan fingerprint density at radius 2 is 2.05 bits per heavy atom. The minimum atomic E-state index is -0.506. The van der Waals surface area contributed by atoms with Gasteiger partial charge in [0, 0.05) is 17.8 Å². The summed E-state index contributed by atoms with van der Waals surface area (Å²) >= 11 is 0. The van der Waals surface area contributed by atoms with E-state index in [2.05, 4.69) is 30.1 Å². The van der Waals surface area contributed by atoms with Crippen LogP contribution in [0.2, 0.25) is 0 Å². The Morgan fingerprint density at radius 1 is 1.27 bits per heavy atom. The van der Waals surface area contributed by atoms with E-state index in [1.54, 1.807) is 0 Å². The molecule has 2 rings (SSSR count). The fourth-order valence-electron chi connectivity index (χ4n) is 3.69. The molecule has 122 valence electrons. The number of anilines is 1. The minimum Gasteiger partial charge on any atom is -0.351 e. The molecule has 1 saturated heterocycles. The summed E-state index contributed by atoms with van der Waals surface area (Å²) in [5, 5.41) is 2.66. The van der Waals surface area contributed by atoms with E-state index in [4.69, 9.17) is 5.73 Å². The molecule has 4 heteroatoms. The Morgan fingerprint density at radius 3 is 2.73 bits per heavy atom. The van der Waals surface area contributed by atoms with Gasteiger partial charge in [0.1, 0.15) is 0 Å². The summed E-state index contributed by atoms with van der Waals surface area (Å²) in [6, 6.07) is 8.93. The van der Waals surface area contributed by atoms with Crippen LogP contribution in [-0.4, -0.2) is 29.6 Å². The average molecular weight is 303 g/mol. The number of carbonyl (C=O) groups excluding carboxylic acids is 1. The van der Waals surface area contributed by atoms with E-state index < -0.39 is 6.03 Å². The van der Waals surface area contributed by atoms with E-state index in [0.717, 1.165) is 18.2 Å². The lowest BCUT2D eigenvalue weighted by molar-refractivity contribution is 0.183. The van der Waals surface area contributed by atoms with E-state index >= 15 is 0 Å². The molecule has 1 aliphatic heterocycles. The average Bonchev–Trinajstić information content (AvgIpc) is 2.82. The molecule has 2 amide bonds. The van der Waals surface area contributed by atoms with Gasteiger partial charge in [-0.3, -0.25) is 4.90 Å². The first-order valence-electron chi connectivity index (χ1n) is 8.55. The Hall–Kier alpha value is -1.55. The van der Waals surface area contributed by atoms with Crippen LogP contribution in [0.25, 0.3) is 0 Å². The number of rotatable bonds is 7. The zero-order chi connectivity index (χ0) is 15.9. The highest BCUT2D eigenvalue weighted by Gasteiger charge is 2.31. The molecule has 1 aromatic rings. The van der Waals surface area contributed by atoms with Gasteiger partial charge >= 0.3 is 6.03 Å². The summed E-state index contributed by atoms with van der Waals surface area (Å²) < 4.78 is 0. The van der Waals surface area contributed by atoms with Crippen LogP contribution in [0.5, 0.6) is 0 Å². The van der Waals surface area contributed by atoms with Crippen molar-refractivity contribution in [2.45, 2.75) is 64.5 Å². The van der Waals surface area contributed by atoms with E-state index in [-0.39, 0.29) is 0 Å². The normalized spacial score (nSPS) is 21.9. The number of hydrogen-bond donors (Lipinski definition) is 2. The Kier molecular flexibility index (Phi) is 6.25. The summed E-state index contributed by atoms with van der Waals surface area (Å²) in [7, 11) is 0. The number of hydrogen-bond acceptors (Lipinski definition) is 2. The maximum absolute atomic E-state index is 11.0. The summed E-state index contributed by atoms with van der Waals surface area (Å²) in [6.45, 7) is 5.72. The SMILES string of the molecule is CCCC1CCC(Cc2cccc(NC(N)=O)c2)N1CCC. The second-order valence-corrected chi connectivity index (χ2v) is 6.31. The molecular weight excluding hydrogens is 274 g/mol. The van der Waals surface area contributed by atoms with Gasteiger partial charge in [-0.05, 0) is 56.3 Å². The van der Waals surface area contributed by atoms with Crippen molar-refractivity contribution in [3.63, 3.8) is 0 Å². The lowest BCUT2D eigenvalue weighted by Gasteiger charge is -2.30. The third-order valence-electron chi connectivity index (χ3n) is 4.54. The third-order valence-corrected chi connectivity index (χ3v) is 4.54. The molecule has 0 bridgehead atoms. The number of nitrogens with zero attached hydrogens (tertiary/aromatic N) is 1. The lowest BCUT2D eigenvalue weighted by atomic mass is 10.0. The van der Waals surface area contributed by atoms with Crippen molar-refractivity contribution in [2.75, 3.05) is 11.9 Å². The summed E-state index contributed by atoms with van der Waals surface area (Å²) in [4.78, 5) is 13.7. The quantitative estimate of drug-likeness (QED) is 0.805. The van der Waals surface area contributed by atoms with Crippen molar-refractivity contribution in [3.8, 4) is 0 Å². The van der Waals surface area contributed by atoms with Gasteiger partial charge in [-0.2, -0.15) is 0 Å². The molecule has 1 fully saturated rings. The van der Waals surface area contributed by atoms with Crippen molar-refractivity contribution in [1.82, 2.24) is 4.90 Å². The summed E-state index contributed by atoms with van der Waals surface area (Å²) in [6.07, 6.45) is 7.42. The Labute approximate surface area is 134 Å². The highest BCUT2D eigenvalue weighted by molar-refractivity contribution is 5.87. The summed E-state index contributed by atoms with van der Waals surface area (Å²) in [5.74, 6) is 0. The van der Waals surface area contributed by atoms with Crippen LogP contribution in [0.15, 0.2) is 24.3 Å². The number of urea groups is 1. The molecule has 0 radical (unpaired) electrons. The lowest BCUT2D eigenvalue weighted by Crippen LogP contribution is -2.37. The van der Waals surface area contributed by atoms with Gasteiger partial charge in [-0.15, -0.1) is 0 Å². The van der Waals surface area contributed by atoms with Crippen LogP contribution in [-0.2, 0) is 6.42 Å². The predicted octanol–water partition coefficient (Wildman–Crippen LogP) is 3.76. The van der Waals surface area contributed by atoms with Gasteiger partial charge in [-0.25, -0.2) is 4.79 Å². The second kappa shape index (κ2) is 8.18. The molecule has 0 spiro atoms. The smallest absolute Gasteiger partial charge is 0.316 e. The zero-order valence-corrected chi connectivity index (χ0v) is 13.8. The van der Waals surface area contributed by atoms with Crippen LogP contribution < -0.4 is 11.1 Å². The fourth-order valence-corrected chi connectivity index (χ4v) is 3.69. The highest BCUT2D eigenvalue weighted by atomic mass is 16.2. The van der Waals surface area contributed by atoms with Crippen LogP contribution in [0.3, 0.4) is 0 Å². The number of amides is 2. The van der Waals surface area contributed by atoms with E-state index in [1.165, 1.54) is 44.2 Å². The zero-order valence-electron chi connectivity index (χ0n) is 13.8. The van der Waals surface area contributed by atoms with Crippen LogP contribution in [0, 0.1) is 0 Å². The first-order chi connectivity index (χ1) is 10.6. The molecule has 0 aliphatic carbocycles. The van der Waals surface area contributed by atoms with Gasteiger partial charge in [0.25, 0.3) is 0 Å². The van der Waals surface area contributed by atoms with Crippen molar-refractivity contribution in [1.29, 1.82) is 0 Å². The molecule has 1 aromatic carbocycles. The van der Waals surface area contributed by atoms with Crippen molar-refractivity contribution < 1.29 is 4.79 Å². The standard InChI is InChI=1S/C18H29N3O/c1-3-6-16-9-10-17(21(16)11-4-2)13-14-7-5-8-15(12-14)20-18(19)22/h5,7-8,12,16-17H,3-4,6,9-11,13H2,1-2H3,(H3,19,20,22). The Balaban J connectivity index is 2.04. The predicted molar refractivity (Wildman–Crippen MR) is 92.1 cm³/mol. The molecule has 0 aromatic heterocycles. The van der Waals surface area contributed by atoms with E-state index in [1.807, 2.05) is 18.2 Å². The van der Waals surface area contributed by atoms with Crippen LogP contribution >= 0.6 is 0 Å². The van der Waals surface area contributed by atoms with Crippen molar-refractivity contribution in [3.05, 3.63) is 29.8 Å². The number of carbonyl (C=O) groups is 1. The van der Waals surface area contributed by atoms with Crippen LogP contribution in [0.4, 0.5) is 10.5 Å². The topological polar surface area (TPSA) is 58.4 Å². The van der Waals surface area contributed by atoms with Crippen molar-refractivity contribution >= 4 is 11.7 Å². The van der Waals surface area contributed by atoms with Gasteiger partial charge in [0.15, 0.2) is 0 Å². The second-order valence-electron chi connectivity index (χ2n) is 6.31. The fraction of sp³-hybridized carbons (Fsp3) is 0.611. The minimum absolute atomic E-state index is 0.506. The first kappa shape index (κ1) is 16.8. The molecule has 1 heterocycles. The highest BCUT2D eigenvalue weighted by Crippen LogP contribution is 2.30. The first-order valence-corrected chi connectivity index (χ1v) is 8.55. The van der Waals surface area contributed by atoms with Crippen molar-refractivity contribution in [2.24, 2.45) is 5.73 Å². The van der Waals surface area contributed by atoms with Gasteiger partial charge in [0.05, 0.1) is 0 Å². The number of nitrogens with one attached hydrogen (secondary N) is 1. The number of nitrogens with two attached hydrogens (primary N) is 1. The number of likely N-dealkylation sites (tertiary alicyclic amines) is 1. The van der Waals surface area contributed by atoms with Gasteiger partial charge < -0.3 is 11.1 Å². The monoisotopic (exact) mass is 303 g/mol. The molecule has 1 aliphatic rings. The molecular formula is C18H29N3O. The summed E-state index contributed by atoms with van der Waals surface area (Å²) in [5.41, 5.74) is 7.25. The maximum atomic E-state index is 11.0. The molecule has 0 saturated carbocycles. The van der Waals surface area contributed by atoms with E-state index in [0.29, 0.717) is 6.04 Å². The van der Waals surface area contributed by atoms with Gasteiger partial charge in [0.2, 0.25) is 0 Å². The molecule has 3 N–H and O–H groups in total. The largest absolute Gasteiger partial charge is 0.351 e. The Bertz CT molecular complexity index is 489. The number of primary amides is 1. The molecule has 2 atom stereocenters. The van der Waals surface area contributed by atoms with E-state index in [9.17, 15) is 4.79 Å². The van der Waals surface area contributed by atoms with Gasteiger partial charge in [-0.1, -0.05) is 32.4 Å². The van der Waals surface area contributed by atoms with Crippen LogP contribution in [0.1, 0.15) is 51.5 Å². The molecule has 22 heavy (non-hydrogen) atoms. The molecule has 2 unspecified atom stereocenters. The number of benzene rings is 1. The molecule has 4 nitrogen and oxygen atoms in total.